The van der Waals surface area contributed by atoms with Gasteiger partial charge in [0, 0.05) is 25.7 Å². The van der Waals surface area contributed by atoms with E-state index >= 15 is 0 Å². The lowest BCUT2D eigenvalue weighted by Gasteiger charge is -2.36. The van der Waals surface area contributed by atoms with Crippen molar-refractivity contribution in [3.63, 3.8) is 0 Å². The van der Waals surface area contributed by atoms with Gasteiger partial charge in [-0.1, -0.05) is 26.0 Å². The summed E-state index contributed by atoms with van der Waals surface area (Å²) in [4.78, 5) is 15.0. The molecule has 6 nitrogen and oxygen atoms in total. The first-order valence-corrected chi connectivity index (χ1v) is 10.6. The van der Waals surface area contributed by atoms with Crippen LogP contribution in [0.15, 0.2) is 24.3 Å². The molecule has 0 saturated carbocycles. The van der Waals surface area contributed by atoms with Gasteiger partial charge in [-0.05, 0) is 37.3 Å². The Morgan fingerprint density at radius 1 is 1.24 bits per heavy atom. The predicted octanol–water partition coefficient (Wildman–Crippen LogP) is 2.15. The van der Waals surface area contributed by atoms with Crippen LogP contribution >= 0.6 is 0 Å². The zero-order valence-electron chi connectivity index (χ0n) is 15.5. The summed E-state index contributed by atoms with van der Waals surface area (Å²) >= 11 is 0. The van der Waals surface area contributed by atoms with Gasteiger partial charge in [0.25, 0.3) is 5.91 Å². The zero-order chi connectivity index (χ0) is 18.6. The van der Waals surface area contributed by atoms with Gasteiger partial charge in [0.15, 0.2) is 0 Å². The van der Waals surface area contributed by atoms with Crippen LogP contribution in [0.5, 0.6) is 0 Å². The molecule has 2 rings (SSSR count). The number of rotatable bonds is 6. The molecule has 1 aromatic carbocycles. The van der Waals surface area contributed by atoms with E-state index in [1.165, 1.54) is 6.42 Å². The van der Waals surface area contributed by atoms with Crippen LogP contribution < -0.4 is 10.0 Å². The fraction of sp³-hybridized carbons (Fsp3) is 0.611. The van der Waals surface area contributed by atoms with Crippen LogP contribution in [0.3, 0.4) is 0 Å². The van der Waals surface area contributed by atoms with E-state index in [1.54, 1.807) is 24.3 Å². The van der Waals surface area contributed by atoms with Gasteiger partial charge >= 0.3 is 0 Å². The molecule has 1 aliphatic rings. The Morgan fingerprint density at radius 2 is 1.84 bits per heavy atom. The van der Waals surface area contributed by atoms with Gasteiger partial charge < -0.3 is 10.2 Å². The van der Waals surface area contributed by atoms with Gasteiger partial charge in [-0.3, -0.25) is 9.52 Å². The molecule has 0 spiro atoms. The lowest BCUT2D eigenvalue weighted by atomic mass is 9.92. The van der Waals surface area contributed by atoms with Crippen molar-refractivity contribution in [2.45, 2.75) is 33.2 Å². The van der Waals surface area contributed by atoms with Gasteiger partial charge in [0.05, 0.1) is 17.5 Å². The first-order chi connectivity index (χ1) is 11.6. The molecule has 3 atom stereocenters. The monoisotopic (exact) mass is 367 g/mol. The third kappa shape index (κ3) is 6.32. The minimum absolute atomic E-state index is 0.0173. The summed E-state index contributed by atoms with van der Waals surface area (Å²) < 4.78 is 25.3. The van der Waals surface area contributed by atoms with Crippen molar-refractivity contribution in [3.05, 3.63) is 29.8 Å². The Balaban J connectivity index is 1.99. The third-order valence-electron chi connectivity index (χ3n) is 4.32. The standard InChI is InChI=1S/C18H29N3O3S/c1-13-9-14(2)11-21(10-13)12-15(3)19-18(22)16-7-5-6-8-17(16)20-25(4,23)24/h5-8,13-15,20H,9-12H2,1-4H3,(H,19,22). The maximum atomic E-state index is 12.6. The Labute approximate surface area is 151 Å². The van der Waals surface area contributed by atoms with E-state index in [4.69, 9.17) is 0 Å². The number of piperidine rings is 1. The number of nitrogens with zero attached hydrogens (tertiary/aromatic N) is 1. The molecular formula is C18H29N3O3S. The Bertz CT molecular complexity index is 695. The number of para-hydroxylation sites is 1. The number of amides is 1. The first-order valence-electron chi connectivity index (χ1n) is 8.74. The summed E-state index contributed by atoms with van der Waals surface area (Å²) in [6.45, 7) is 9.40. The second-order valence-electron chi connectivity index (χ2n) is 7.46. The zero-order valence-corrected chi connectivity index (χ0v) is 16.3. The molecule has 0 aliphatic carbocycles. The SMILES string of the molecule is CC1CC(C)CN(CC(C)NC(=O)c2ccccc2NS(C)(=O)=O)C1. The number of hydrogen-bond acceptors (Lipinski definition) is 4. The molecule has 25 heavy (non-hydrogen) atoms. The summed E-state index contributed by atoms with van der Waals surface area (Å²) in [5.41, 5.74) is 0.634. The van der Waals surface area contributed by atoms with Crippen LogP contribution in [0, 0.1) is 11.8 Å². The molecule has 1 aliphatic heterocycles. The molecule has 0 radical (unpaired) electrons. The highest BCUT2D eigenvalue weighted by Crippen LogP contribution is 2.21. The van der Waals surface area contributed by atoms with E-state index in [0.29, 0.717) is 23.1 Å². The minimum Gasteiger partial charge on any atom is -0.348 e. The molecule has 1 fully saturated rings. The maximum absolute atomic E-state index is 12.6. The summed E-state index contributed by atoms with van der Waals surface area (Å²) in [6.07, 6.45) is 2.32. The molecular weight excluding hydrogens is 338 g/mol. The Hall–Kier alpha value is -1.60. The van der Waals surface area contributed by atoms with Crippen molar-refractivity contribution in [2.75, 3.05) is 30.6 Å². The molecule has 0 aromatic heterocycles. The van der Waals surface area contributed by atoms with E-state index in [9.17, 15) is 13.2 Å². The number of carbonyl (C=O) groups is 1. The summed E-state index contributed by atoms with van der Waals surface area (Å²) in [6, 6.07) is 6.62. The van der Waals surface area contributed by atoms with Gasteiger partial charge in [-0.2, -0.15) is 0 Å². The lowest BCUT2D eigenvalue weighted by Crippen LogP contribution is -2.47. The number of likely N-dealkylation sites (tertiary alicyclic amines) is 1. The molecule has 3 unspecified atom stereocenters. The summed E-state index contributed by atoms with van der Waals surface area (Å²) in [5.74, 6) is 1.08. The molecule has 1 heterocycles. The maximum Gasteiger partial charge on any atom is 0.253 e. The number of anilines is 1. The molecule has 1 aromatic rings. The number of carbonyl (C=O) groups excluding carboxylic acids is 1. The first kappa shape index (κ1) is 19.7. The third-order valence-corrected chi connectivity index (χ3v) is 4.91. The van der Waals surface area contributed by atoms with Crippen LogP contribution in [-0.2, 0) is 10.0 Å². The normalized spacial score (nSPS) is 23.0. The van der Waals surface area contributed by atoms with E-state index in [-0.39, 0.29) is 11.9 Å². The molecule has 1 saturated heterocycles. The van der Waals surface area contributed by atoms with Crippen molar-refractivity contribution in [2.24, 2.45) is 11.8 Å². The second-order valence-corrected chi connectivity index (χ2v) is 9.21. The van der Waals surface area contributed by atoms with Crippen LogP contribution in [0.2, 0.25) is 0 Å². The predicted molar refractivity (Wildman–Crippen MR) is 101 cm³/mol. The number of sulfonamides is 1. The highest BCUT2D eigenvalue weighted by Gasteiger charge is 2.24. The minimum atomic E-state index is -3.43. The van der Waals surface area contributed by atoms with E-state index in [0.717, 1.165) is 25.9 Å². The Morgan fingerprint density at radius 3 is 2.44 bits per heavy atom. The molecule has 1 amide bonds. The van der Waals surface area contributed by atoms with Gasteiger partial charge in [0.1, 0.15) is 0 Å². The average molecular weight is 368 g/mol. The van der Waals surface area contributed by atoms with Crippen molar-refractivity contribution in [3.8, 4) is 0 Å². The van der Waals surface area contributed by atoms with Crippen molar-refractivity contribution < 1.29 is 13.2 Å². The van der Waals surface area contributed by atoms with E-state index in [2.05, 4.69) is 28.8 Å². The van der Waals surface area contributed by atoms with Gasteiger partial charge in [0.2, 0.25) is 10.0 Å². The fourth-order valence-corrected chi connectivity index (χ4v) is 4.22. The van der Waals surface area contributed by atoms with Gasteiger partial charge in [-0.15, -0.1) is 0 Å². The van der Waals surface area contributed by atoms with Crippen molar-refractivity contribution in [1.82, 2.24) is 10.2 Å². The van der Waals surface area contributed by atoms with E-state index in [1.807, 2.05) is 6.92 Å². The smallest absolute Gasteiger partial charge is 0.253 e. The topological polar surface area (TPSA) is 78.5 Å². The van der Waals surface area contributed by atoms with Gasteiger partial charge in [-0.25, -0.2) is 8.42 Å². The fourth-order valence-electron chi connectivity index (χ4n) is 3.65. The van der Waals surface area contributed by atoms with Crippen LogP contribution in [0.4, 0.5) is 5.69 Å². The van der Waals surface area contributed by atoms with E-state index < -0.39 is 10.0 Å². The van der Waals surface area contributed by atoms with Crippen molar-refractivity contribution in [1.29, 1.82) is 0 Å². The number of hydrogen-bond donors (Lipinski definition) is 2. The molecule has 7 heteroatoms. The quantitative estimate of drug-likeness (QED) is 0.808. The lowest BCUT2D eigenvalue weighted by molar-refractivity contribution is 0.0906. The molecule has 140 valence electrons. The second kappa shape index (κ2) is 8.19. The highest BCUT2D eigenvalue weighted by molar-refractivity contribution is 7.92. The average Bonchev–Trinajstić information content (AvgIpc) is 2.44. The summed E-state index contributed by atoms with van der Waals surface area (Å²) in [5, 5.41) is 2.98. The highest BCUT2D eigenvalue weighted by atomic mass is 32.2. The number of benzene rings is 1. The summed E-state index contributed by atoms with van der Waals surface area (Å²) in [7, 11) is -3.43. The largest absolute Gasteiger partial charge is 0.348 e. The van der Waals surface area contributed by atoms with Crippen LogP contribution in [-0.4, -0.2) is 51.2 Å². The molecule has 2 N–H and O–H groups in total. The Kier molecular flexibility index (Phi) is 6.46. The van der Waals surface area contributed by atoms with Crippen molar-refractivity contribution >= 4 is 21.6 Å². The molecule has 0 bridgehead atoms. The van der Waals surface area contributed by atoms with Crippen LogP contribution in [0.1, 0.15) is 37.6 Å². The van der Waals surface area contributed by atoms with Crippen LogP contribution in [0.25, 0.3) is 0 Å². The number of nitrogens with one attached hydrogen (secondary N) is 2.